The Bertz CT molecular complexity index is 1020. The molecule has 2 amide bonds. The number of aliphatic hydroxyl groups is 1. The van der Waals surface area contributed by atoms with Gasteiger partial charge in [0, 0.05) is 31.1 Å². The molecule has 3 aliphatic heterocycles. The third kappa shape index (κ3) is 5.13. The highest BCUT2D eigenvalue weighted by Gasteiger charge is 2.77. The maximum Gasteiger partial charge on any atom is 0.312 e. The number of ether oxygens (including phenoxy) is 2. The number of esters is 1. The molecule has 1 aromatic rings. The van der Waals surface area contributed by atoms with E-state index in [2.05, 4.69) is 29.1 Å². The molecular weight excluding hydrogens is 540 g/mol. The van der Waals surface area contributed by atoms with Crippen LogP contribution in [-0.2, 0) is 30.4 Å². The predicted molar refractivity (Wildman–Crippen MR) is 142 cm³/mol. The molecule has 1 spiro atoms. The molecule has 0 saturated carbocycles. The lowest BCUT2D eigenvalue weighted by molar-refractivity contribution is -0.155. The van der Waals surface area contributed by atoms with Gasteiger partial charge in [-0.2, -0.15) is 0 Å². The molecule has 8 nitrogen and oxygen atoms in total. The van der Waals surface area contributed by atoms with Crippen molar-refractivity contribution in [2.75, 3.05) is 26.3 Å². The standard InChI is InChI=1S/C28H35BrN2O6/c1-3-5-16-36-27(35)21-22-25(33)31(14-9-10-15-32)24(28(22)17-20(29)23(21)37-28)26(34)30(13-4-2)18-19-11-7-6-8-12-19/h3-4,6-8,11-12,20-24,32H,1-2,5,9-10,13-18H2/t20?,21-,22-,23-,24?,28?/m0/s1. The van der Waals surface area contributed by atoms with E-state index in [-0.39, 0.29) is 29.9 Å². The van der Waals surface area contributed by atoms with Crippen LogP contribution in [0.25, 0.3) is 0 Å². The topological polar surface area (TPSA) is 96.4 Å². The van der Waals surface area contributed by atoms with Gasteiger partial charge in [-0.05, 0) is 31.2 Å². The second-order valence-electron chi connectivity index (χ2n) is 9.86. The Balaban J connectivity index is 1.69. The number of nitrogens with zero attached hydrogens (tertiary/aromatic N) is 2. The van der Waals surface area contributed by atoms with Gasteiger partial charge in [0.1, 0.15) is 11.6 Å². The molecule has 3 heterocycles. The highest BCUT2D eigenvalue weighted by Crippen LogP contribution is 2.60. The summed E-state index contributed by atoms with van der Waals surface area (Å²) in [6.45, 7) is 8.61. The Labute approximate surface area is 226 Å². The van der Waals surface area contributed by atoms with Crippen molar-refractivity contribution in [1.29, 1.82) is 0 Å². The molecule has 0 aliphatic carbocycles. The average Bonchev–Trinajstić information content (AvgIpc) is 3.48. The molecule has 3 saturated heterocycles. The summed E-state index contributed by atoms with van der Waals surface area (Å²) < 4.78 is 12.0. The van der Waals surface area contributed by atoms with Crippen molar-refractivity contribution >= 4 is 33.7 Å². The molecule has 200 valence electrons. The summed E-state index contributed by atoms with van der Waals surface area (Å²) in [4.78, 5) is 44.4. The number of likely N-dealkylation sites (tertiary alicyclic amines) is 1. The molecule has 3 fully saturated rings. The lowest BCUT2D eigenvalue weighted by atomic mass is 9.70. The van der Waals surface area contributed by atoms with E-state index in [1.165, 1.54) is 0 Å². The van der Waals surface area contributed by atoms with Crippen molar-refractivity contribution in [2.45, 2.75) is 54.8 Å². The number of fused-ring (bicyclic) bond motifs is 1. The second-order valence-corrected chi connectivity index (χ2v) is 11.0. The van der Waals surface area contributed by atoms with E-state index in [0.717, 1.165) is 5.56 Å². The molecule has 0 aromatic heterocycles. The van der Waals surface area contributed by atoms with E-state index in [4.69, 9.17) is 9.47 Å². The van der Waals surface area contributed by atoms with Crippen LogP contribution < -0.4 is 0 Å². The van der Waals surface area contributed by atoms with Gasteiger partial charge in [-0.25, -0.2) is 0 Å². The number of hydrogen-bond donors (Lipinski definition) is 1. The van der Waals surface area contributed by atoms with Crippen LogP contribution in [0, 0.1) is 11.8 Å². The number of alkyl halides is 1. The fourth-order valence-electron chi connectivity index (χ4n) is 6.02. The van der Waals surface area contributed by atoms with Crippen LogP contribution >= 0.6 is 15.9 Å². The molecule has 1 aromatic carbocycles. The van der Waals surface area contributed by atoms with Gasteiger partial charge in [0.25, 0.3) is 0 Å². The Morgan fingerprint density at radius 2 is 2.00 bits per heavy atom. The second kappa shape index (κ2) is 11.9. The van der Waals surface area contributed by atoms with Gasteiger partial charge >= 0.3 is 5.97 Å². The van der Waals surface area contributed by atoms with E-state index in [0.29, 0.717) is 45.3 Å². The van der Waals surface area contributed by atoms with Gasteiger partial charge in [-0.3, -0.25) is 14.4 Å². The number of carbonyl (C=O) groups is 3. The summed E-state index contributed by atoms with van der Waals surface area (Å²) in [5.41, 5.74) is -0.175. The zero-order chi connectivity index (χ0) is 26.6. The molecule has 37 heavy (non-hydrogen) atoms. The number of hydrogen-bond acceptors (Lipinski definition) is 6. The summed E-state index contributed by atoms with van der Waals surface area (Å²) in [5.74, 6) is -2.57. The number of halogens is 1. The van der Waals surface area contributed by atoms with Crippen LogP contribution in [0.3, 0.4) is 0 Å². The van der Waals surface area contributed by atoms with E-state index in [1.807, 2.05) is 30.3 Å². The molecule has 6 atom stereocenters. The lowest BCUT2D eigenvalue weighted by Gasteiger charge is -2.37. The van der Waals surface area contributed by atoms with Crippen LogP contribution in [0.1, 0.15) is 31.2 Å². The minimum absolute atomic E-state index is 0.00782. The molecule has 4 rings (SSSR count). The summed E-state index contributed by atoms with van der Waals surface area (Å²) in [5, 5.41) is 9.33. The van der Waals surface area contributed by atoms with Gasteiger partial charge < -0.3 is 24.4 Å². The first kappa shape index (κ1) is 27.5. The van der Waals surface area contributed by atoms with Crippen molar-refractivity contribution in [3.05, 3.63) is 61.2 Å². The summed E-state index contributed by atoms with van der Waals surface area (Å²) in [6.07, 6.45) is 4.76. The Morgan fingerprint density at radius 3 is 2.68 bits per heavy atom. The number of carbonyl (C=O) groups excluding carboxylic acids is 3. The first-order valence-corrected chi connectivity index (χ1v) is 13.8. The number of amides is 2. The largest absolute Gasteiger partial charge is 0.465 e. The first-order valence-electron chi connectivity index (χ1n) is 12.8. The lowest BCUT2D eigenvalue weighted by Crippen LogP contribution is -2.56. The third-order valence-electron chi connectivity index (χ3n) is 7.55. The van der Waals surface area contributed by atoms with Gasteiger partial charge in [0.15, 0.2) is 0 Å². The number of rotatable bonds is 13. The molecule has 9 heteroatoms. The summed E-state index contributed by atoms with van der Waals surface area (Å²) >= 11 is 3.67. The highest BCUT2D eigenvalue weighted by atomic mass is 79.9. The van der Waals surface area contributed by atoms with Crippen molar-refractivity contribution < 1.29 is 29.0 Å². The zero-order valence-electron chi connectivity index (χ0n) is 21.0. The average molecular weight is 576 g/mol. The Hall–Kier alpha value is -2.49. The van der Waals surface area contributed by atoms with E-state index in [1.54, 1.807) is 22.0 Å². The van der Waals surface area contributed by atoms with Crippen LogP contribution in [0.4, 0.5) is 0 Å². The Morgan fingerprint density at radius 1 is 1.24 bits per heavy atom. The van der Waals surface area contributed by atoms with Crippen LogP contribution in [0.15, 0.2) is 55.6 Å². The van der Waals surface area contributed by atoms with Gasteiger partial charge in [0.05, 0.1) is 24.5 Å². The zero-order valence-corrected chi connectivity index (χ0v) is 22.6. The minimum atomic E-state index is -1.13. The molecule has 0 radical (unpaired) electrons. The Kier molecular flexibility index (Phi) is 8.87. The predicted octanol–water partition coefficient (Wildman–Crippen LogP) is 2.84. The van der Waals surface area contributed by atoms with Crippen molar-refractivity contribution in [3.8, 4) is 0 Å². The molecule has 2 bridgehead atoms. The summed E-state index contributed by atoms with van der Waals surface area (Å²) in [7, 11) is 0. The molecule has 3 aliphatic rings. The van der Waals surface area contributed by atoms with E-state index in [9.17, 15) is 19.5 Å². The summed E-state index contributed by atoms with van der Waals surface area (Å²) in [6, 6.07) is 8.76. The SMILES string of the molecule is C=CCCOC(=O)[C@H]1[C@H]2C(=O)N(CCCCO)C(C(=O)N(CC=C)Cc3ccccc3)C23CC(Br)[C@@H]1O3. The number of aliphatic hydroxyl groups excluding tert-OH is 1. The maximum absolute atomic E-state index is 14.3. The van der Waals surface area contributed by atoms with Crippen LogP contribution in [0.2, 0.25) is 0 Å². The van der Waals surface area contributed by atoms with Gasteiger partial charge in [-0.1, -0.05) is 58.4 Å². The maximum atomic E-state index is 14.3. The van der Waals surface area contributed by atoms with Gasteiger partial charge in [0.2, 0.25) is 11.8 Å². The monoisotopic (exact) mass is 574 g/mol. The molecular formula is C28H35BrN2O6. The highest BCUT2D eigenvalue weighted by molar-refractivity contribution is 9.09. The van der Waals surface area contributed by atoms with E-state index >= 15 is 0 Å². The van der Waals surface area contributed by atoms with Crippen molar-refractivity contribution in [2.24, 2.45) is 11.8 Å². The van der Waals surface area contributed by atoms with Gasteiger partial charge in [-0.15, -0.1) is 13.2 Å². The van der Waals surface area contributed by atoms with Crippen molar-refractivity contribution in [1.82, 2.24) is 9.80 Å². The fraction of sp³-hybridized carbons (Fsp3) is 0.536. The molecule has 1 N–H and O–H groups in total. The van der Waals surface area contributed by atoms with Crippen molar-refractivity contribution in [3.63, 3.8) is 0 Å². The van der Waals surface area contributed by atoms with Crippen LogP contribution in [0.5, 0.6) is 0 Å². The number of benzene rings is 1. The quantitative estimate of drug-likeness (QED) is 0.168. The normalized spacial score (nSPS) is 29.7. The van der Waals surface area contributed by atoms with E-state index < -0.39 is 35.6 Å². The number of unbranched alkanes of at least 4 members (excludes halogenated alkanes) is 1. The van der Waals surface area contributed by atoms with Crippen LogP contribution in [-0.4, -0.2) is 81.6 Å². The minimum Gasteiger partial charge on any atom is -0.465 e. The smallest absolute Gasteiger partial charge is 0.312 e. The molecule has 3 unspecified atom stereocenters. The third-order valence-corrected chi connectivity index (χ3v) is 8.39. The fourth-order valence-corrected chi connectivity index (χ4v) is 6.96. The first-order chi connectivity index (χ1) is 17.9.